The first-order valence-corrected chi connectivity index (χ1v) is 9.41. The summed E-state index contributed by atoms with van der Waals surface area (Å²) in [5, 5.41) is 7.34. The molecule has 8 heteroatoms. The molecule has 1 heterocycles. The minimum absolute atomic E-state index is 0.296. The number of nitrogens with zero attached hydrogens (tertiary/aromatic N) is 1. The highest BCUT2D eigenvalue weighted by Crippen LogP contribution is 2.18. The third-order valence-electron chi connectivity index (χ3n) is 4.02. The van der Waals surface area contributed by atoms with Crippen LogP contribution in [-0.4, -0.2) is 22.7 Å². The molecule has 0 bridgehead atoms. The summed E-state index contributed by atoms with van der Waals surface area (Å²) >= 11 is 5.13. The van der Waals surface area contributed by atoms with Crippen LogP contribution in [0.4, 0.5) is 0 Å². The molecule has 0 spiro atoms. The van der Waals surface area contributed by atoms with Crippen LogP contribution in [0.1, 0.15) is 53.6 Å². The molecule has 0 atom stereocenters. The van der Waals surface area contributed by atoms with E-state index in [1.165, 1.54) is 0 Å². The molecule has 1 amide bonds. The summed E-state index contributed by atoms with van der Waals surface area (Å²) in [5.41, 5.74) is 7.46. The zero-order chi connectivity index (χ0) is 19.6. The lowest BCUT2D eigenvalue weighted by atomic mass is 10.2. The monoisotopic (exact) mass is 390 g/mol. The molecule has 0 radical (unpaired) electrons. The number of carbonyl (C=O) groups is 1. The molecule has 2 rings (SSSR count). The fourth-order valence-corrected chi connectivity index (χ4v) is 2.55. The first-order chi connectivity index (χ1) is 13.0. The van der Waals surface area contributed by atoms with Crippen molar-refractivity contribution < 1.29 is 14.1 Å². The van der Waals surface area contributed by atoms with Gasteiger partial charge in [-0.05, 0) is 50.7 Å². The zero-order valence-corrected chi connectivity index (χ0v) is 16.7. The Morgan fingerprint density at radius 3 is 2.78 bits per heavy atom. The lowest BCUT2D eigenvalue weighted by Crippen LogP contribution is -2.46. The number of aryl methyl sites for hydroxylation is 2. The van der Waals surface area contributed by atoms with Gasteiger partial charge in [-0.1, -0.05) is 31.0 Å². The van der Waals surface area contributed by atoms with Crippen molar-refractivity contribution in [1.29, 1.82) is 0 Å². The van der Waals surface area contributed by atoms with E-state index < -0.39 is 0 Å². The number of hydrogen-bond acceptors (Lipinski definition) is 5. The summed E-state index contributed by atoms with van der Waals surface area (Å²) in [4.78, 5) is 12.3. The van der Waals surface area contributed by atoms with Gasteiger partial charge in [-0.3, -0.25) is 15.6 Å². The van der Waals surface area contributed by atoms with Crippen molar-refractivity contribution in [2.45, 2.75) is 46.6 Å². The molecule has 0 aliphatic carbocycles. The quantitative estimate of drug-likeness (QED) is 0.362. The normalized spacial score (nSPS) is 10.3. The van der Waals surface area contributed by atoms with E-state index in [4.69, 9.17) is 21.5 Å². The van der Waals surface area contributed by atoms with E-state index in [-0.39, 0.29) is 5.91 Å². The summed E-state index contributed by atoms with van der Waals surface area (Å²) in [6, 6.07) is 6.94. The minimum atomic E-state index is -0.296. The van der Waals surface area contributed by atoms with Gasteiger partial charge < -0.3 is 14.6 Å². The molecule has 0 unspecified atom stereocenters. The van der Waals surface area contributed by atoms with Gasteiger partial charge in [-0.15, -0.1) is 0 Å². The zero-order valence-electron chi connectivity index (χ0n) is 15.9. The maximum atomic E-state index is 12.3. The van der Waals surface area contributed by atoms with Crippen LogP contribution in [0.15, 0.2) is 28.8 Å². The highest BCUT2D eigenvalue weighted by Gasteiger charge is 2.11. The van der Waals surface area contributed by atoms with Crippen LogP contribution in [0.5, 0.6) is 5.75 Å². The number of carbonyl (C=O) groups excluding carboxylic acids is 1. The molecule has 0 aliphatic rings. The second kappa shape index (κ2) is 10.5. The Kier molecular flexibility index (Phi) is 8.06. The number of thiocarbonyl (C=S) groups is 1. The number of unbranched alkanes of at least 4 members (excludes halogenated alkanes) is 2. The van der Waals surface area contributed by atoms with Crippen molar-refractivity contribution >= 4 is 23.2 Å². The van der Waals surface area contributed by atoms with Crippen molar-refractivity contribution in [1.82, 2.24) is 21.3 Å². The standard InChI is InChI=1S/C19H26N4O3S/c1-4-5-6-10-20-19(27)22-21-18(24)15-8-7-9-16(11-15)25-12-17-13(2)23-26-14(17)3/h7-9,11H,4-6,10,12H2,1-3H3,(H,21,24)(H2,20,22,27). The summed E-state index contributed by atoms with van der Waals surface area (Å²) in [5.74, 6) is 1.02. The molecule has 7 nitrogen and oxygen atoms in total. The highest BCUT2D eigenvalue weighted by molar-refractivity contribution is 7.80. The van der Waals surface area contributed by atoms with E-state index in [0.29, 0.717) is 23.0 Å². The molecular weight excluding hydrogens is 364 g/mol. The van der Waals surface area contributed by atoms with Gasteiger partial charge in [-0.25, -0.2) is 0 Å². The van der Waals surface area contributed by atoms with Gasteiger partial charge in [0.05, 0.1) is 11.3 Å². The molecule has 0 saturated heterocycles. The molecule has 0 fully saturated rings. The van der Waals surface area contributed by atoms with Gasteiger partial charge in [0, 0.05) is 12.1 Å². The van der Waals surface area contributed by atoms with Crippen LogP contribution >= 0.6 is 12.2 Å². The van der Waals surface area contributed by atoms with E-state index in [1.807, 2.05) is 13.8 Å². The van der Waals surface area contributed by atoms with E-state index in [9.17, 15) is 4.79 Å². The number of rotatable bonds is 8. The van der Waals surface area contributed by atoms with Gasteiger partial charge in [0.25, 0.3) is 5.91 Å². The second-order valence-corrected chi connectivity index (χ2v) is 6.57. The third-order valence-corrected chi connectivity index (χ3v) is 4.26. The van der Waals surface area contributed by atoms with Crippen molar-refractivity contribution in [3.05, 3.63) is 46.8 Å². The Morgan fingerprint density at radius 2 is 2.07 bits per heavy atom. The topological polar surface area (TPSA) is 88.4 Å². The van der Waals surface area contributed by atoms with Gasteiger partial charge in [0.1, 0.15) is 18.1 Å². The van der Waals surface area contributed by atoms with Crippen molar-refractivity contribution in [2.24, 2.45) is 0 Å². The van der Waals surface area contributed by atoms with Gasteiger partial charge in [0.2, 0.25) is 0 Å². The Labute approximate surface area is 164 Å². The minimum Gasteiger partial charge on any atom is -0.489 e. The molecular formula is C19H26N4O3S. The predicted octanol–water partition coefficient (Wildman–Crippen LogP) is 3.17. The van der Waals surface area contributed by atoms with Crippen molar-refractivity contribution in [3.8, 4) is 5.75 Å². The average molecular weight is 391 g/mol. The first-order valence-electron chi connectivity index (χ1n) is 9.00. The molecule has 1 aromatic heterocycles. The van der Waals surface area contributed by atoms with Crippen LogP contribution in [-0.2, 0) is 6.61 Å². The van der Waals surface area contributed by atoms with Crippen molar-refractivity contribution in [2.75, 3.05) is 6.54 Å². The molecule has 0 aliphatic heterocycles. The number of hydrogen-bond donors (Lipinski definition) is 3. The molecule has 1 aromatic carbocycles. The third kappa shape index (κ3) is 6.56. The Hall–Kier alpha value is -2.61. The number of benzene rings is 1. The molecule has 146 valence electrons. The maximum Gasteiger partial charge on any atom is 0.269 e. The Morgan fingerprint density at radius 1 is 1.26 bits per heavy atom. The number of hydrazine groups is 1. The molecule has 2 aromatic rings. The van der Waals surface area contributed by atoms with E-state index >= 15 is 0 Å². The molecule has 27 heavy (non-hydrogen) atoms. The lowest BCUT2D eigenvalue weighted by molar-refractivity contribution is 0.0943. The van der Waals surface area contributed by atoms with Crippen molar-refractivity contribution in [3.63, 3.8) is 0 Å². The van der Waals surface area contributed by atoms with Gasteiger partial charge in [0.15, 0.2) is 5.11 Å². The summed E-state index contributed by atoms with van der Waals surface area (Å²) in [6.07, 6.45) is 3.33. The SMILES string of the molecule is CCCCCNC(=S)NNC(=O)c1cccc(OCc2c(C)noc2C)c1. The summed E-state index contributed by atoms with van der Waals surface area (Å²) in [6.45, 7) is 6.96. The van der Waals surface area contributed by atoms with Crippen LogP contribution < -0.4 is 20.9 Å². The lowest BCUT2D eigenvalue weighted by Gasteiger charge is -2.12. The highest BCUT2D eigenvalue weighted by atomic mass is 32.1. The van der Waals surface area contributed by atoms with E-state index in [1.54, 1.807) is 24.3 Å². The van der Waals surface area contributed by atoms with E-state index in [2.05, 4.69) is 28.2 Å². The predicted molar refractivity (Wildman–Crippen MR) is 107 cm³/mol. The molecule has 3 N–H and O–H groups in total. The molecule has 0 saturated carbocycles. The number of amides is 1. The number of nitrogens with one attached hydrogen (secondary N) is 3. The van der Waals surface area contributed by atoms with Crippen LogP contribution in [0.2, 0.25) is 0 Å². The van der Waals surface area contributed by atoms with Crippen LogP contribution in [0.25, 0.3) is 0 Å². The fourth-order valence-electron chi connectivity index (χ4n) is 2.40. The van der Waals surface area contributed by atoms with Crippen LogP contribution in [0, 0.1) is 13.8 Å². The summed E-state index contributed by atoms with van der Waals surface area (Å²) in [7, 11) is 0. The fraction of sp³-hybridized carbons (Fsp3) is 0.421. The average Bonchev–Trinajstić information content (AvgIpc) is 2.99. The Balaban J connectivity index is 1.83. The van der Waals surface area contributed by atoms with Crippen LogP contribution in [0.3, 0.4) is 0 Å². The maximum absolute atomic E-state index is 12.3. The summed E-state index contributed by atoms with van der Waals surface area (Å²) < 4.78 is 10.9. The van der Waals surface area contributed by atoms with Gasteiger partial charge in [-0.2, -0.15) is 0 Å². The number of aromatic nitrogens is 1. The van der Waals surface area contributed by atoms with E-state index in [0.717, 1.165) is 42.8 Å². The largest absolute Gasteiger partial charge is 0.489 e. The second-order valence-electron chi connectivity index (χ2n) is 6.16. The smallest absolute Gasteiger partial charge is 0.269 e. The van der Waals surface area contributed by atoms with Gasteiger partial charge >= 0.3 is 0 Å². The number of ether oxygens (including phenoxy) is 1. The first kappa shape index (κ1) is 20.7. The Bertz CT molecular complexity index is 757.